The summed E-state index contributed by atoms with van der Waals surface area (Å²) in [6, 6.07) is 8.48. The molecule has 9 heteroatoms. The second kappa shape index (κ2) is 8.93. The van der Waals surface area contributed by atoms with E-state index in [2.05, 4.69) is 25.4 Å². The smallest absolute Gasteiger partial charge is 0.227 e. The fourth-order valence-corrected chi connectivity index (χ4v) is 3.21. The largest absolute Gasteiger partial charge is 0.495 e. The summed E-state index contributed by atoms with van der Waals surface area (Å²) in [5, 5.41) is 7.82. The summed E-state index contributed by atoms with van der Waals surface area (Å²) in [4.78, 5) is 25.4. The number of aromatic nitrogens is 5. The minimum absolute atomic E-state index is 0.120. The summed E-state index contributed by atoms with van der Waals surface area (Å²) < 4.78 is 7.27. The Kier molecular flexibility index (Phi) is 5.90. The summed E-state index contributed by atoms with van der Waals surface area (Å²) in [7, 11) is 1.54. The van der Waals surface area contributed by atoms with Gasteiger partial charge in [-0.1, -0.05) is 11.6 Å². The van der Waals surface area contributed by atoms with E-state index in [0.29, 0.717) is 39.2 Å². The molecule has 0 aliphatic rings. The van der Waals surface area contributed by atoms with Gasteiger partial charge in [0.05, 0.1) is 35.9 Å². The number of methoxy groups -OCH3 is 1. The highest BCUT2D eigenvalue weighted by Crippen LogP contribution is 2.31. The van der Waals surface area contributed by atoms with Gasteiger partial charge in [-0.05, 0) is 37.3 Å². The van der Waals surface area contributed by atoms with Crippen LogP contribution >= 0.6 is 11.6 Å². The number of rotatable bonds is 7. The number of carbonyl (C=O) groups excluding carboxylic acids is 1. The highest BCUT2D eigenvalue weighted by Gasteiger charge is 2.15. The third-order valence-electron chi connectivity index (χ3n) is 4.63. The zero-order chi connectivity index (χ0) is 21.8. The van der Waals surface area contributed by atoms with Gasteiger partial charge in [0.2, 0.25) is 5.95 Å². The second-order valence-electron chi connectivity index (χ2n) is 6.58. The van der Waals surface area contributed by atoms with Gasteiger partial charge in [0.1, 0.15) is 5.75 Å². The van der Waals surface area contributed by atoms with Crippen LogP contribution in [-0.4, -0.2) is 37.6 Å². The number of benzene rings is 1. The van der Waals surface area contributed by atoms with Gasteiger partial charge in [-0.3, -0.25) is 14.5 Å². The van der Waals surface area contributed by atoms with Crippen LogP contribution in [0, 0.1) is 0 Å². The van der Waals surface area contributed by atoms with Crippen molar-refractivity contribution in [3.63, 3.8) is 0 Å². The second-order valence-corrected chi connectivity index (χ2v) is 6.99. The molecule has 0 aliphatic heterocycles. The van der Waals surface area contributed by atoms with Gasteiger partial charge in [0.15, 0.2) is 5.78 Å². The van der Waals surface area contributed by atoms with Crippen molar-refractivity contribution in [2.45, 2.75) is 13.5 Å². The van der Waals surface area contributed by atoms with Crippen molar-refractivity contribution >= 4 is 29.0 Å². The summed E-state index contributed by atoms with van der Waals surface area (Å²) in [6.45, 7) is 2.75. The number of carbonyl (C=O) groups is 1. The molecule has 0 bridgehead atoms. The molecular formula is C22H19ClN6O2. The minimum atomic E-state index is -0.120. The third kappa shape index (κ3) is 4.39. The summed E-state index contributed by atoms with van der Waals surface area (Å²) in [6.07, 6.45) is 8.28. The van der Waals surface area contributed by atoms with Crippen molar-refractivity contribution < 1.29 is 9.53 Å². The number of hydrogen-bond donors (Lipinski definition) is 1. The van der Waals surface area contributed by atoms with Gasteiger partial charge in [0, 0.05) is 41.8 Å². The maximum absolute atomic E-state index is 12.7. The molecule has 156 valence electrons. The van der Waals surface area contributed by atoms with Crippen molar-refractivity contribution in [3.05, 3.63) is 77.5 Å². The number of aryl methyl sites for hydroxylation is 1. The number of ketones is 1. The Hall–Kier alpha value is -3.78. The minimum Gasteiger partial charge on any atom is -0.495 e. The molecule has 0 radical (unpaired) electrons. The Bertz CT molecular complexity index is 1230. The Morgan fingerprint density at radius 1 is 1.16 bits per heavy atom. The number of nitrogens with one attached hydrogen (secondary N) is 1. The zero-order valence-electron chi connectivity index (χ0n) is 16.9. The first-order valence-corrected chi connectivity index (χ1v) is 9.92. The van der Waals surface area contributed by atoms with Gasteiger partial charge in [-0.2, -0.15) is 5.10 Å². The number of hydrogen-bond acceptors (Lipinski definition) is 7. The molecule has 4 aromatic rings. The van der Waals surface area contributed by atoms with Crippen LogP contribution in [0.4, 0.5) is 11.6 Å². The lowest BCUT2D eigenvalue weighted by Gasteiger charge is -2.12. The van der Waals surface area contributed by atoms with Crippen LogP contribution in [0.2, 0.25) is 5.02 Å². The van der Waals surface area contributed by atoms with E-state index in [1.165, 1.54) is 13.3 Å². The molecule has 0 fully saturated rings. The average Bonchev–Trinajstić information content (AvgIpc) is 3.30. The molecule has 0 saturated carbocycles. The van der Waals surface area contributed by atoms with Crippen LogP contribution in [-0.2, 0) is 6.54 Å². The molecular weight excluding hydrogens is 416 g/mol. The Morgan fingerprint density at radius 2 is 1.97 bits per heavy atom. The van der Waals surface area contributed by atoms with Crippen LogP contribution in [0.15, 0.2) is 61.3 Å². The first-order valence-electron chi connectivity index (χ1n) is 9.54. The first kappa shape index (κ1) is 20.5. The Morgan fingerprint density at radius 3 is 2.68 bits per heavy atom. The standard InChI is InChI=1S/C22H19ClN6O2/c1-3-29-13-16(11-26-29)20-17(23)12-25-22(28-20)27-18-5-4-15(10-19(18)31-2)21(30)14-6-8-24-9-7-14/h4-13H,3H2,1-2H3,(H,25,27,28). The van der Waals surface area contributed by atoms with E-state index < -0.39 is 0 Å². The normalized spacial score (nSPS) is 10.7. The summed E-state index contributed by atoms with van der Waals surface area (Å²) in [5.41, 5.74) is 3.03. The van der Waals surface area contributed by atoms with E-state index in [4.69, 9.17) is 16.3 Å². The fraction of sp³-hybridized carbons (Fsp3) is 0.136. The van der Waals surface area contributed by atoms with Crippen molar-refractivity contribution in [2.75, 3.05) is 12.4 Å². The fourth-order valence-electron chi connectivity index (χ4n) is 3.01. The molecule has 0 unspecified atom stereocenters. The lowest BCUT2D eigenvalue weighted by atomic mass is 10.0. The summed E-state index contributed by atoms with van der Waals surface area (Å²) >= 11 is 6.30. The lowest BCUT2D eigenvalue weighted by Crippen LogP contribution is -2.04. The van der Waals surface area contributed by atoms with E-state index in [1.54, 1.807) is 53.6 Å². The average molecular weight is 435 g/mol. The van der Waals surface area contributed by atoms with E-state index in [-0.39, 0.29) is 5.78 Å². The van der Waals surface area contributed by atoms with Crippen LogP contribution in [0.3, 0.4) is 0 Å². The van der Waals surface area contributed by atoms with E-state index in [9.17, 15) is 4.79 Å². The quantitative estimate of drug-likeness (QED) is 0.431. The molecule has 8 nitrogen and oxygen atoms in total. The Balaban J connectivity index is 1.62. The molecule has 3 aromatic heterocycles. The number of pyridine rings is 1. The van der Waals surface area contributed by atoms with Crippen LogP contribution in [0.25, 0.3) is 11.3 Å². The number of nitrogens with zero attached hydrogens (tertiary/aromatic N) is 5. The predicted octanol–water partition coefficient (Wildman–Crippen LogP) is 4.39. The molecule has 0 atom stereocenters. The Labute approximate surface area is 183 Å². The molecule has 31 heavy (non-hydrogen) atoms. The highest BCUT2D eigenvalue weighted by molar-refractivity contribution is 6.32. The van der Waals surface area contributed by atoms with Crippen LogP contribution in [0.1, 0.15) is 22.8 Å². The van der Waals surface area contributed by atoms with Gasteiger partial charge in [-0.25, -0.2) is 9.97 Å². The van der Waals surface area contributed by atoms with Gasteiger partial charge in [0.25, 0.3) is 0 Å². The first-order chi connectivity index (χ1) is 15.1. The van der Waals surface area contributed by atoms with Gasteiger partial charge in [-0.15, -0.1) is 0 Å². The number of anilines is 2. The van der Waals surface area contributed by atoms with Gasteiger partial charge < -0.3 is 10.1 Å². The molecule has 0 amide bonds. The molecule has 3 heterocycles. The summed E-state index contributed by atoms with van der Waals surface area (Å²) in [5.74, 6) is 0.708. The zero-order valence-corrected chi connectivity index (χ0v) is 17.7. The number of ether oxygens (including phenoxy) is 1. The SMILES string of the molecule is CCn1cc(-c2nc(Nc3ccc(C(=O)c4ccncc4)cc3OC)ncc2Cl)cn1. The highest BCUT2D eigenvalue weighted by atomic mass is 35.5. The van der Waals surface area contributed by atoms with Crippen molar-refractivity contribution in [1.82, 2.24) is 24.7 Å². The monoisotopic (exact) mass is 434 g/mol. The van der Waals surface area contributed by atoms with E-state index >= 15 is 0 Å². The van der Waals surface area contributed by atoms with E-state index in [0.717, 1.165) is 12.1 Å². The maximum Gasteiger partial charge on any atom is 0.227 e. The molecule has 4 rings (SSSR count). The van der Waals surface area contributed by atoms with Crippen LogP contribution < -0.4 is 10.1 Å². The topological polar surface area (TPSA) is 94.8 Å². The van der Waals surface area contributed by atoms with E-state index in [1.807, 2.05) is 13.1 Å². The molecule has 1 aromatic carbocycles. The molecule has 0 saturated heterocycles. The predicted molar refractivity (Wildman–Crippen MR) is 118 cm³/mol. The maximum atomic E-state index is 12.7. The van der Waals surface area contributed by atoms with Crippen LogP contribution in [0.5, 0.6) is 5.75 Å². The lowest BCUT2D eigenvalue weighted by molar-refractivity contribution is 0.103. The van der Waals surface area contributed by atoms with Crippen molar-refractivity contribution in [1.29, 1.82) is 0 Å². The molecule has 0 aliphatic carbocycles. The number of halogens is 1. The van der Waals surface area contributed by atoms with Gasteiger partial charge >= 0.3 is 0 Å². The van der Waals surface area contributed by atoms with Crippen molar-refractivity contribution in [3.8, 4) is 17.0 Å². The molecule has 1 N–H and O–H groups in total. The van der Waals surface area contributed by atoms with Crippen molar-refractivity contribution in [2.24, 2.45) is 0 Å². The molecule has 0 spiro atoms. The third-order valence-corrected chi connectivity index (χ3v) is 4.90.